The molecule has 1 aliphatic rings. The molecule has 0 N–H and O–H groups in total. The summed E-state index contributed by atoms with van der Waals surface area (Å²) >= 11 is 3.52. The third-order valence-electron chi connectivity index (χ3n) is 3.61. The summed E-state index contributed by atoms with van der Waals surface area (Å²) in [5.74, 6) is 1.57. The molecule has 1 aliphatic carbocycles. The Hall–Kier alpha value is -0.640. The van der Waals surface area contributed by atoms with Gasteiger partial charge in [0, 0.05) is 29.7 Å². The van der Waals surface area contributed by atoms with Gasteiger partial charge in [0.05, 0.1) is 0 Å². The molecule has 0 bridgehead atoms. The monoisotopic (exact) mass is 311 g/mol. The highest BCUT2D eigenvalue weighted by molar-refractivity contribution is 9.09. The van der Waals surface area contributed by atoms with Crippen LogP contribution in [0.2, 0.25) is 0 Å². The molecule has 0 aliphatic heterocycles. The van der Waals surface area contributed by atoms with E-state index in [1.54, 1.807) is 6.33 Å². The van der Waals surface area contributed by atoms with Crippen LogP contribution >= 0.6 is 15.9 Å². The number of halogens is 1. The van der Waals surface area contributed by atoms with Crippen LogP contribution in [0.15, 0.2) is 12.4 Å². The minimum Gasteiger partial charge on any atom is -0.354 e. The number of alkyl halides is 1. The van der Waals surface area contributed by atoms with Gasteiger partial charge in [-0.2, -0.15) is 0 Å². The van der Waals surface area contributed by atoms with Crippen LogP contribution in [0.5, 0.6) is 0 Å². The predicted molar refractivity (Wildman–Crippen MR) is 79.5 cm³/mol. The van der Waals surface area contributed by atoms with E-state index in [-0.39, 0.29) is 0 Å². The van der Waals surface area contributed by atoms with Crippen LogP contribution in [0.1, 0.15) is 51.1 Å². The number of anilines is 1. The maximum absolute atomic E-state index is 4.48. The molecule has 0 aromatic carbocycles. The first-order valence-electron chi connectivity index (χ1n) is 6.87. The Morgan fingerprint density at radius 1 is 1.39 bits per heavy atom. The molecule has 0 amide bonds. The minimum atomic E-state index is 0.464. The van der Waals surface area contributed by atoms with Crippen LogP contribution in [-0.2, 0) is 0 Å². The number of rotatable bonds is 6. The Morgan fingerprint density at radius 3 is 2.72 bits per heavy atom. The third kappa shape index (κ3) is 3.22. The van der Waals surface area contributed by atoms with E-state index in [2.05, 4.69) is 50.7 Å². The molecule has 0 radical (unpaired) electrons. The molecule has 1 aromatic rings. The van der Waals surface area contributed by atoms with Gasteiger partial charge in [0.1, 0.15) is 12.1 Å². The summed E-state index contributed by atoms with van der Waals surface area (Å²) in [5, 5.41) is 1.05. The van der Waals surface area contributed by atoms with Gasteiger partial charge in [-0.25, -0.2) is 9.97 Å². The van der Waals surface area contributed by atoms with Crippen molar-refractivity contribution in [2.75, 3.05) is 16.8 Å². The lowest BCUT2D eigenvalue weighted by molar-refractivity contribution is 0.384. The highest BCUT2D eigenvalue weighted by Crippen LogP contribution is 2.29. The Balaban J connectivity index is 2.15. The highest BCUT2D eigenvalue weighted by atomic mass is 79.9. The molecule has 3 nitrogen and oxygen atoms in total. The lowest BCUT2D eigenvalue weighted by atomic mass is 9.91. The van der Waals surface area contributed by atoms with Gasteiger partial charge in [0.15, 0.2) is 0 Å². The van der Waals surface area contributed by atoms with E-state index < -0.39 is 0 Å². The molecule has 0 atom stereocenters. The van der Waals surface area contributed by atoms with Crippen molar-refractivity contribution in [3.05, 3.63) is 18.1 Å². The number of hydrogen-bond donors (Lipinski definition) is 0. The minimum absolute atomic E-state index is 0.464. The normalized spacial score (nSPS) is 15.8. The van der Waals surface area contributed by atoms with Crippen LogP contribution in [-0.4, -0.2) is 27.9 Å². The van der Waals surface area contributed by atoms with Crippen molar-refractivity contribution in [3.63, 3.8) is 0 Å². The van der Waals surface area contributed by atoms with E-state index in [1.807, 2.05) is 0 Å². The van der Waals surface area contributed by atoms with E-state index in [4.69, 9.17) is 0 Å². The number of nitrogens with zero attached hydrogens (tertiary/aromatic N) is 3. The van der Waals surface area contributed by atoms with Crippen LogP contribution in [0.25, 0.3) is 0 Å². The second-order valence-electron chi connectivity index (χ2n) is 5.28. The molecule has 1 saturated carbocycles. The van der Waals surface area contributed by atoms with Crippen LogP contribution < -0.4 is 4.90 Å². The first-order valence-corrected chi connectivity index (χ1v) is 7.99. The van der Waals surface area contributed by atoms with Crippen molar-refractivity contribution in [2.45, 2.75) is 51.5 Å². The summed E-state index contributed by atoms with van der Waals surface area (Å²) in [7, 11) is 0. The van der Waals surface area contributed by atoms with Crippen molar-refractivity contribution < 1.29 is 0 Å². The summed E-state index contributed by atoms with van der Waals surface area (Å²) in [5.41, 5.74) is 1.14. The van der Waals surface area contributed by atoms with E-state index in [0.717, 1.165) is 29.8 Å². The maximum atomic E-state index is 4.48. The fraction of sp³-hybridized carbons (Fsp3) is 0.714. The van der Waals surface area contributed by atoms with Gasteiger partial charge in [-0.3, -0.25) is 0 Å². The first-order chi connectivity index (χ1) is 8.72. The number of aromatic nitrogens is 2. The summed E-state index contributed by atoms with van der Waals surface area (Å²) in [4.78, 5) is 11.3. The molecule has 4 heteroatoms. The summed E-state index contributed by atoms with van der Waals surface area (Å²) in [6.45, 7) is 5.45. The fourth-order valence-corrected chi connectivity index (χ4v) is 2.50. The topological polar surface area (TPSA) is 29.0 Å². The molecule has 1 heterocycles. The zero-order chi connectivity index (χ0) is 13.0. The highest BCUT2D eigenvalue weighted by Gasteiger charge is 2.25. The molecule has 0 saturated heterocycles. The second kappa shape index (κ2) is 6.50. The first kappa shape index (κ1) is 13.8. The molecule has 100 valence electrons. The summed E-state index contributed by atoms with van der Waals surface area (Å²) < 4.78 is 0. The van der Waals surface area contributed by atoms with E-state index in [9.17, 15) is 0 Å². The lowest BCUT2D eigenvalue weighted by Gasteiger charge is -2.38. The van der Waals surface area contributed by atoms with Gasteiger partial charge in [-0.15, -0.1) is 0 Å². The van der Waals surface area contributed by atoms with Crippen molar-refractivity contribution in [1.82, 2.24) is 9.97 Å². The Morgan fingerprint density at radius 2 is 2.17 bits per heavy atom. The maximum Gasteiger partial charge on any atom is 0.132 e. The van der Waals surface area contributed by atoms with Crippen LogP contribution in [0, 0.1) is 0 Å². The van der Waals surface area contributed by atoms with Crippen molar-refractivity contribution in [1.29, 1.82) is 0 Å². The third-order valence-corrected chi connectivity index (χ3v) is 4.17. The molecular weight excluding hydrogens is 290 g/mol. The zero-order valence-electron chi connectivity index (χ0n) is 11.3. The van der Waals surface area contributed by atoms with Crippen molar-refractivity contribution in [2.24, 2.45) is 0 Å². The van der Waals surface area contributed by atoms with E-state index >= 15 is 0 Å². The van der Waals surface area contributed by atoms with Crippen molar-refractivity contribution >= 4 is 21.7 Å². The molecule has 1 aromatic heterocycles. The average Bonchev–Trinajstić information content (AvgIpc) is 2.32. The Labute approximate surface area is 118 Å². The lowest BCUT2D eigenvalue weighted by Crippen LogP contribution is -2.41. The van der Waals surface area contributed by atoms with Gasteiger partial charge in [-0.1, -0.05) is 29.8 Å². The molecule has 1 fully saturated rings. The smallest absolute Gasteiger partial charge is 0.132 e. The van der Waals surface area contributed by atoms with E-state index in [1.165, 1.54) is 19.3 Å². The van der Waals surface area contributed by atoms with Gasteiger partial charge in [0.2, 0.25) is 0 Å². The second-order valence-corrected chi connectivity index (χ2v) is 6.07. The fourth-order valence-electron chi connectivity index (χ4n) is 2.25. The Kier molecular flexibility index (Phi) is 4.98. The van der Waals surface area contributed by atoms with Gasteiger partial charge in [-0.05, 0) is 31.6 Å². The SMILES string of the molecule is CC(C)c1cc(N(CCCBr)C2CCC2)ncn1. The van der Waals surface area contributed by atoms with Crippen LogP contribution in [0.3, 0.4) is 0 Å². The largest absolute Gasteiger partial charge is 0.354 e. The standard InChI is InChI=1S/C14H22BrN3/c1-11(2)13-9-14(17-10-16-13)18(8-4-7-15)12-5-3-6-12/h9-12H,3-8H2,1-2H3. The molecule has 0 unspecified atom stereocenters. The summed E-state index contributed by atoms with van der Waals surface area (Å²) in [6.07, 6.45) is 6.85. The number of hydrogen-bond acceptors (Lipinski definition) is 3. The average molecular weight is 312 g/mol. The molecular formula is C14H22BrN3. The van der Waals surface area contributed by atoms with Crippen LogP contribution in [0.4, 0.5) is 5.82 Å². The quantitative estimate of drug-likeness (QED) is 0.749. The predicted octanol–water partition coefficient (Wildman–Crippen LogP) is 3.74. The van der Waals surface area contributed by atoms with E-state index in [0.29, 0.717) is 12.0 Å². The zero-order valence-corrected chi connectivity index (χ0v) is 12.9. The van der Waals surface area contributed by atoms with Gasteiger partial charge >= 0.3 is 0 Å². The summed E-state index contributed by atoms with van der Waals surface area (Å²) in [6, 6.07) is 2.86. The Bertz CT molecular complexity index is 377. The molecule has 18 heavy (non-hydrogen) atoms. The van der Waals surface area contributed by atoms with Gasteiger partial charge in [0.25, 0.3) is 0 Å². The van der Waals surface area contributed by atoms with Crippen molar-refractivity contribution in [3.8, 4) is 0 Å². The van der Waals surface area contributed by atoms with Gasteiger partial charge < -0.3 is 4.90 Å². The molecule has 0 spiro atoms. The molecule has 2 rings (SSSR count).